The highest BCUT2D eigenvalue weighted by Gasteiger charge is 2.35. The van der Waals surface area contributed by atoms with E-state index in [0.29, 0.717) is 30.3 Å². The van der Waals surface area contributed by atoms with Gasteiger partial charge in [-0.2, -0.15) is 0 Å². The first-order chi connectivity index (χ1) is 20.6. The molecule has 0 spiro atoms. The lowest BCUT2D eigenvalue weighted by molar-refractivity contribution is -0.128. The van der Waals surface area contributed by atoms with Gasteiger partial charge in [0.25, 0.3) is 0 Å². The van der Waals surface area contributed by atoms with Crippen LogP contribution >= 0.6 is 0 Å². The second kappa shape index (κ2) is 13.0. The van der Waals surface area contributed by atoms with Crippen molar-refractivity contribution in [3.63, 3.8) is 0 Å². The van der Waals surface area contributed by atoms with Crippen LogP contribution in [0.2, 0.25) is 0 Å². The Balaban J connectivity index is 1.57. The largest absolute Gasteiger partial charge is 0.378 e. The molecule has 226 valence electrons. The molecule has 9 heteroatoms. The number of anilines is 2. The zero-order valence-corrected chi connectivity index (χ0v) is 25.8. The van der Waals surface area contributed by atoms with Crippen LogP contribution in [0.3, 0.4) is 0 Å². The van der Waals surface area contributed by atoms with Crippen LogP contribution in [0.1, 0.15) is 64.1 Å². The van der Waals surface area contributed by atoms with Crippen molar-refractivity contribution in [3.8, 4) is 0 Å². The molecular weight excluding hydrogens is 540 g/mol. The number of hydrogen-bond donors (Lipinski definition) is 1. The number of nitrogens with one attached hydrogen (secondary N) is 1. The summed E-state index contributed by atoms with van der Waals surface area (Å²) in [7, 11) is 0. The average molecular weight is 583 g/mol. The van der Waals surface area contributed by atoms with E-state index in [4.69, 9.17) is 4.74 Å². The van der Waals surface area contributed by atoms with Crippen LogP contribution in [-0.2, 0) is 20.9 Å². The van der Waals surface area contributed by atoms with Crippen molar-refractivity contribution in [2.24, 2.45) is 0 Å². The zero-order valence-electron chi connectivity index (χ0n) is 25.8. The molecule has 1 aromatic heterocycles. The lowest BCUT2D eigenvalue weighted by Gasteiger charge is -2.34. The molecule has 1 fully saturated rings. The Kier molecular flexibility index (Phi) is 9.11. The van der Waals surface area contributed by atoms with Crippen LogP contribution < -0.4 is 15.1 Å². The van der Waals surface area contributed by atoms with Crippen molar-refractivity contribution < 1.29 is 14.3 Å². The number of carbonyl (C=O) groups excluding carboxylic acids is 2. The number of rotatable bonds is 9. The summed E-state index contributed by atoms with van der Waals surface area (Å²) in [5, 5.41) is 11.6. The minimum Gasteiger partial charge on any atom is -0.378 e. The Morgan fingerprint density at radius 2 is 1.60 bits per heavy atom. The molecule has 0 bridgehead atoms. The van der Waals surface area contributed by atoms with E-state index in [0.717, 1.165) is 36.3 Å². The molecule has 0 aliphatic carbocycles. The molecule has 1 N–H and O–H groups in total. The molecule has 0 saturated carbocycles. The maximum Gasteiger partial charge on any atom is 0.249 e. The summed E-state index contributed by atoms with van der Waals surface area (Å²) in [5.41, 5.74) is 4.59. The van der Waals surface area contributed by atoms with E-state index in [-0.39, 0.29) is 18.4 Å². The van der Waals surface area contributed by atoms with Crippen molar-refractivity contribution in [1.29, 1.82) is 0 Å². The number of carbonyl (C=O) groups is 2. The Hall–Kier alpha value is -4.24. The number of fused-ring (bicyclic) bond motifs is 1. The van der Waals surface area contributed by atoms with Gasteiger partial charge in [0.05, 0.1) is 18.7 Å². The SMILES string of the molecule is CC[C@@H](C)c1ccc(N(C(=O)Cn2nnc3ccccc32)[C@H](C(=O)NC(C)(C)C)c2ccc(N3CCOCC3)cc2)cc1. The Bertz CT molecular complexity index is 1540. The summed E-state index contributed by atoms with van der Waals surface area (Å²) in [6.45, 7) is 13.1. The van der Waals surface area contributed by atoms with E-state index in [2.05, 4.69) is 46.5 Å². The summed E-state index contributed by atoms with van der Waals surface area (Å²) >= 11 is 0. The number of aromatic nitrogens is 3. The van der Waals surface area contributed by atoms with Crippen molar-refractivity contribution in [2.45, 2.75) is 65.1 Å². The first-order valence-corrected chi connectivity index (χ1v) is 15.1. The fraction of sp³-hybridized carbons (Fsp3) is 0.412. The summed E-state index contributed by atoms with van der Waals surface area (Å²) in [5.74, 6) is -0.139. The van der Waals surface area contributed by atoms with Crippen LogP contribution in [0, 0.1) is 0 Å². The van der Waals surface area contributed by atoms with Crippen LogP contribution in [0.5, 0.6) is 0 Å². The molecular formula is C34H42N6O3. The molecule has 3 aromatic carbocycles. The van der Waals surface area contributed by atoms with Crippen molar-refractivity contribution >= 4 is 34.2 Å². The number of amides is 2. The standard InChI is InChI=1S/C34H42N6O3/c1-6-24(2)25-11-17-28(18-12-25)40(31(41)23-39-30-10-8-7-9-29(30)36-37-39)32(33(42)35-34(3,4)5)26-13-15-27(16-14-26)38-19-21-43-22-20-38/h7-18,24,32H,6,19-23H2,1-5H3,(H,35,42)/t24-,32+/m1/s1. The minimum absolute atomic E-state index is 0.0706. The van der Waals surface area contributed by atoms with Gasteiger partial charge >= 0.3 is 0 Å². The van der Waals surface area contributed by atoms with Gasteiger partial charge < -0.3 is 15.0 Å². The quantitative estimate of drug-likeness (QED) is 0.281. The maximum absolute atomic E-state index is 14.4. The molecule has 43 heavy (non-hydrogen) atoms. The molecule has 0 radical (unpaired) electrons. The van der Waals surface area contributed by atoms with Crippen LogP contribution in [0.25, 0.3) is 11.0 Å². The minimum atomic E-state index is -0.908. The summed E-state index contributed by atoms with van der Waals surface area (Å²) in [6.07, 6.45) is 1.01. The van der Waals surface area contributed by atoms with Crippen LogP contribution in [0.15, 0.2) is 72.8 Å². The van der Waals surface area contributed by atoms with E-state index in [1.54, 1.807) is 9.58 Å². The van der Waals surface area contributed by atoms with Crippen molar-refractivity contribution in [3.05, 3.63) is 83.9 Å². The number of morpholine rings is 1. The van der Waals surface area contributed by atoms with Gasteiger partial charge in [-0.3, -0.25) is 14.5 Å². The highest BCUT2D eigenvalue weighted by molar-refractivity contribution is 6.01. The smallest absolute Gasteiger partial charge is 0.249 e. The lowest BCUT2D eigenvalue weighted by atomic mass is 9.97. The molecule has 0 unspecified atom stereocenters. The van der Waals surface area contributed by atoms with Gasteiger partial charge in [-0.05, 0) is 80.6 Å². The van der Waals surface area contributed by atoms with Crippen molar-refractivity contribution in [1.82, 2.24) is 20.3 Å². The molecule has 5 rings (SSSR count). The molecule has 2 amide bonds. The fourth-order valence-electron chi connectivity index (χ4n) is 5.42. The zero-order chi connectivity index (χ0) is 30.6. The summed E-state index contributed by atoms with van der Waals surface area (Å²) in [6, 6.07) is 22.6. The highest BCUT2D eigenvalue weighted by Crippen LogP contribution is 2.32. The van der Waals surface area contributed by atoms with Crippen LogP contribution in [-0.4, -0.2) is 58.7 Å². The third kappa shape index (κ3) is 7.05. The van der Waals surface area contributed by atoms with Gasteiger partial charge in [-0.1, -0.05) is 55.5 Å². The number of nitrogens with zero attached hydrogens (tertiary/aromatic N) is 5. The van der Waals surface area contributed by atoms with Gasteiger partial charge in [-0.25, -0.2) is 4.68 Å². The molecule has 2 atom stereocenters. The molecule has 4 aromatic rings. The predicted octanol–water partition coefficient (Wildman–Crippen LogP) is 5.47. The van der Waals surface area contributed by atoms with Gasteiger partial charge in [0.15, 0.2) is 0 Å². The van der Waals surface area contributed by atoms with E-state index in [1.807, 2.05) is 81.4 Å². The van der Waals surface area contributed by atoms with E-state index >= 15 is 0 Å². The van der Waals surface area contributed by atoms with Gasteiger partial charge in [-0.15, -0.1) is 5.10 Å². The normalized spacial score (nSPS) is 15.2. The monoisotopic (exact) mass is 582 g/mol. The first kappa shape index (κ1) is 30.2. The molecule has 9 nitrogen and oxygen atoms in total. The third-order valence-corrected chi connectivity index (χ3v) is 7.92. The Morgan fingerprint density at radius 3 is 2.26 bits per heavy atom. The Morgan fingerprint density at radius 1 is 0.953 bits per heavy atom. The van der Waals surface area contributed by atoms with Crippen molar-refractivity contribution in [2.75, 3.05) is 36.1 Å². The predicted molar refractivity (Wildman–Crippen MR) is 170 cm³/mol. The average Bonchev–Trinajstić information content (AvgIpc) is 3.41. The number of ether oxygens (including phenoxy) is 1. The fourth-order valence-corrected chi connectivity index (χ4v) is 5.42. The molecule has 2 heterocycles. The first-order valence-electron chi connectivity index (χ1n) is 15.1. The van der Waals surface area contributed by atoms with Gasteiger partial charge in [0.1, 0.15) is 18.1 Å². The van der Waals surface area contributed by atoms with E-state index in [1.165, 1.54) is 5.56 Å². The highest BCUT2D eigenvalue weighted by atomic mass is 16.5. The van der Waals surface area contributed by atoms with Gasteiger partial charge in [0, 0.05) is 30.0 Å². The summed E-state index contributed by atoms with van der Waals surface area (Å²) in [4.78, 5) is 32.4. The molecule has 1 saturated heterocycles. The summed E-state index contributed by atoms with van der Waals surface area (Å²) < 4.78 is 7.11. The lowest BCUT2D eigenvalue weighted by Crippen LogP contribution is -2.50. The molecule has 1 aliphatic heterocycles. The second-order valence-electron chi connectivity index (χ2n) is 12.2. The number of para-hydroxylation sites is 1. The van der Waals surface area contributed by atoms with Crippen LogP contribution in [0.4, 0.5) is 11.4 Å². The molecule has 1 aliphatic rings. The van der Waals surface area contributed by atoms with Gasteiger partial charge in [0.2, 0.25) is 11.8 Å². The second-order valence-corrected chi connectivity index (χ2v) is 12.2. The topological polar surface area (TPSA) is 92.6 Å². The number of hydrogen-bond acceptors (Lipinski definition) is 6. The van der Waals surface area contributed by atoms with E-state index < -0.39 is 11.6 Å². The number of benzene rings is 3. The Labute approximate surface area is 253 Å². The third-order valence-electron chi connectivity index (χ3n) is 7.92. The van der Waals surface area contributed by atoms with E-state index in [9.17, 15) is 9.59 Å². The maximum atomic E-state index is 14.4.